The third-order valence-electron chi connectivity index (χ3n) is 3.49. The van der Waals surface area contributed by atoms with Gasteiger partial charge in [-0.3, -0.25) is 4.79 Å². The molecule has 0 aromatic heterocycles. The van der Waals surface area contributed by atoms with E-state index in [9.17, 15) is 4.79 Å². The quantitative estimate of drug-likeness (QED) is 0.908. The zero-order valence-corrected chi connectivity index (χ0v) is 11.4. The van der Waals surface area contributed by atoms with Crippen molar-refractivity contribution in [2.75, 3.05) is 6.61 Å². The van der Waals surface area contributed by atoms with Gasteiger partial charge in [-0.15, -0.1) is 0 Å². The lowest BCUT2D eigenvalue weighted by Crippen LogP contribution is -2.42. The van der Waals surface area contributed by atoms with Crippen LogP contribution in [0.2, 0.25) is 0 Å². The lowest BCUT2D eigenvalue weighted by Gasteiger charge is -2.26. The number of benzene rings is 2. The van der Waals surface area contributed by atoms with E-state index in [0.717, 1.165) is 23.3 Å². The molecule has 1 N–H and O–H groups in total. The lowest BCUT2D eigenvalue weighted by molar-refractivity contribution is 0.0915. The molecule has 0 bridgehead atoms. The summed E-state index contributed by atoms with van der Waals surface area (Å²) in [5, 5.41) is 3.04. The van der Waals surface area contributed by atoms with Gasteiger partial charge >= 0.3 is 0 Å². The molecule has 3 rings (SSSR count). The van der Waals surface area contributed by atoms with Crippen LogP contribution in [0, 0.1) is 6.92 Å². The molecule has 0 spiro atoms. The molecule has 2 aromatic rings. The predicted molar refractivity (Wildman–Crippen MR) is 78.1 cm³/mol. The molecular weight excluding hydrogens is 250 g/mol. The van der Waals surface area contributed by atoms with Crippen molar-refractivity contribution in [1.29, 1.82) is 0 Å². The summed E-state index contributed by atoms with van der Waals surface area (Å²) < 4.78 is 5.68. The van der Waals surface area contributed by atoms with E-state index in [1.807, 2.05) is 55.5 Å². The number of para-hydroxylation sites is 1. The molecule has 0 aliphatic carbocycles. The Hall–Kier alpha value is -2.29. The van der Waals surface area contributed by atoms with E-state index in [4.69, 9.17) is 4.74 Å². The minimum Gasteiger partial charge on any atom is -0.491 e. The third-order valence-corrected chi connectivity index (χ3v) is 3.49. The summed E-state index contributed by atoms with van der Waals surface area (Å²) in [6, 6.07) is 15.6. The molecular formula is C17H17NO2. The SMILES string of the molecule is Cc1cccc(C(=O)NC2COc3ccccc3C2)c1. The number of hydrogen-bond donors (Lipinski definition) is 1. The number of fused-ring (bicyclic) bond motifs is 1. The first kappa shape index (κ1) is 12.7. The smallest absolute Gasteiger partial charge is 0.251 e. The average Bonchev–Trinajstić information content (AvgIpc) is 2.47. The van der Waals surface area contributed by atoms with Crippen LogP contribution in [0.1, 0.15) is 21.5 Å². The van der Waals surface area contributed by atoms with Crippen LogP contribution in [0.15, 0.2) is 48.5 Å². The Morgan fingerprint density at radius 2 is 2.05 bits per heavy atom. The fraction of sp³-hybridized carbons (Fsp3) is 0.235. The summed E-state index contributed by atoms with van der Waals surface area (Å²) in [5.41, 5.74) is 2.93. The van der Waals surface area contributed by atoms with Crippen molar-refractivity contribution >= 4 is 5.91 Å². The highest BCUT2D eigenvalue weighted by molar-refractivity contribution is 5.94. The topological polar surface area (TPSA) is 38.3 Å². The molecule has 2 aromatic carbocycles. The van der Waals surface area contributed by atoms with E-state index in [2.05, 4.69) is 5.32 Å². The second kappa shape index (κ2) is 5.37. The van der Waals surface area contributed by atoms with E-state index in [1.54, 1.807) is 0 Å². The lowest BCUT2D eigenvalue weighted by atomic mass is 10.0. The normalized spacial score (nSPS) is 16.9. The van der Waals surface area contributed by atoms with Crippen LogP contribution in [0.4, 0.5) is 0 Å². The molecule has 1 amide bonds. The van der Waals surface area contributed by atoms with E-state index in [-0.39, 0.29) is 11.9 Å². The highest BCUT2D eigenvalue weighted by Gasteiger charge is 2.21. The molecule has 3 heteroatoms. The maximum Gasteiger partial charge on any atom is 0.251 e. The number of ether oxygens (including phenoxy) is 1. The van der Waals surface area contributed by atoms with E-state index in [0.29, 0.717) is 12.2 Å². The van der Waals surface area contributed by atoms with Crippen LogP contribution in [0.5, 0.6) is 5.75 Å². The molecule has 1 aliphatic rings. The molecule has 0 saturated carbocycles. The molecule has 1 atom stereocenters. The third kappa shape index (κ3) is 2.67. The summed E-state index contributed by atoms with van der Waals surface area (Å²) in [6.45, 7) is 2.51. The van der Waals surface area contributed by atoms with Crippen LogP contribution in [-0.4, -0.2) is 18.6 Å². The molecule has 0 fully saturated rings. The van der Waals surface area contributed by atoms with Gasteiger partial charge < -0.3 is 10.1 Å². The van der Waals surface area contributed by atoms with Gasteiger partial charge in [-0.05, 0) is 37.1 Å². The summed E-state index contributed by atoms with van der Waals surface area (Å²) in [7, 11) is 0. The molecule has 0 radical (unpaired) electrons. The Morgan fingerprint density at radius 3 is 2.90 bits per heavy atom. The van der Waals surface area contributed by atoms with Crippen molar-refractivity contribution < 1.29 is 9.53 Å². The van der Waals surface area contributed by atoms with Gasteiger partial charge in [0.05, 0.1) is 6.04 Å². The monoisotopic (exact) mass is 267 g/mol. The Kier molecular flexibility index (Phi) is 3.42. The van der Waals surface area contributed by atoms with Crippen molar-refractivity contribution in [3.05, 3.63) is 65.2 Å². The summed E-state index contributed by atoms with van der Waals surface area (Å²) in [5.74, 6) is 0.884. The summed E-state index contributed by atoms with van der Waals surface area (Å²) >= 11 is 0. The zero-order chi connectivity index (χ0) is 13.9. The standard InChI is InChI=1S/C17H17NO2/c1-12-5-4-7-14(9-12)17(19)18-15-10-13-6-2-3-8-16(13)20-11-15/h2-9,15H,10-11H2,1H3,(H,18,19). The first-order chi connectivity index (χ1) is 9.72. The van der Waals surface area contributed by atoms with E-state index >= 15 is 0 Å². The van der Waals surface area contributed by atoms with Crippen molar-refractivity contribution in [3.63, 3.8) is 0 Å². The van der Waals surface area contributed by atoms with Gasteiger partial charge in [0.15, 0.2) is 0 Å². The number of aryl methyl sites for hydroxylation is 1. The minimum atomic E-state index is -0.0401. The van der Waals surface area contributed by atoms with E-state index < -0.39 is 0 Å². The second-order valence-electron chi connectivity index (χ2n) is 5.16. The highest BCUT2D eigenvalue weighted by atomic mass is 16.5. The molecule has 0 saturated heterocycles. The Morgan fingerprint density at radius 1 is 1.20 bits per heavy atom. The van der Waals surface area contributed by atoms with Crippen molar-refractivity contribution in [2.24, 2.45) is 0 Å². The van der Waals surface area contributed by atoms with Crippen molar-refractivity contribution in [3.8, 4) is 5.75 Å². The van der Waals surface area contributed by atoms with Gasteiger partial charge in [0.25, 0.3) is 5.91 Å². The van der Waals surface area contributed by atoms with Gasteiger partial charge in [-0.1, -0.05) is 35.9 Å². The Labute approximate surface area is 118 Å². The Bertz CT molecular complexity index is 636. The van der Waals surface area contributed by atoms with Crippen LogP contribution in [-0.2, 0) is 6.42 Å². The zero-order valence-electron chi connectivity index (χ0n) is 11.4. The van der Waals surface area contributed by atoms with Crippen LogP contribution >= 0.6 is 0 Å². The number of nitrogens with one attached hydrogen (secondary N) is 1. The molecule has 1 heterocycles. The predicted octanol–water partition coefficient (Wildman–Crippen LogP) is 2.73. The maximum absolute atomic E-state index is 12.2. The van der Waals surface area contributed by atoms with Gasteiger partial charge in [0.2, 0.25) is 0 Å². The van der Waals surface area contributed by atoms with Crippen LogP contribution < -0.4 is 10.1 Å². The molecule has 3 nitrogen and oxygen atoms in total. The first-order valence-corrected chi connectivity index (χ1v) is 6.80. The summed E-state index contributed by atoms with van der Waals surface area (Å²) in [4.78, 5) is 12.2. The number of rotatable bonds is 2. The van der Waals surface area contributed by atoms with Crippen molar-refractivity contribution in [2.45, 2.75) is 19.4 Å². The minimum absolute atomic E-state index is 0.0258. The van der Waals surface area contributed by atoms with Gasteiger partial charge in [0.1, 0.15) is 12.4 Å². The number of hydrogen-bond acceptors (Lipinski definition) is 2. The van der Waals surface area contributed by atoms with Crippen LogP contribution in [0.25, 0.3) is 0 Å². The van der Waals surface area contributed by atoms with Crippen LogP contribution in [0.3, 0.4) is 0 Å². The van der Waals surface area contributed by atoms with Gasteiger partial charge in [0, 0.05) is 5.56 Å². The molecule has 102 valence electrons. The second-order valence-corrected chi connectivity index (χ2v) is 5.16. The van der Waals surface area contributed by atoms with Crippen molar-refractivity contribution in [1.82, 2.24) is 5.32 Å². The van der Waals surface area contributed by atoms with Gasteiger partial charge in [-0.2, -0.15) is 0 Å². The molecule has 1 aliphatic heterocycles. The van der Waals surface area contributed by atoms with E-state index in [1.165, 1.54) is 0 Å². The average molecular weight is 267 g/mol. The fourth-order valence-corrected chi connectivity index (χ4v) is 2.48. The molecule has 1 unspecified atom stereocenters. The number of carbonyl (C=O) groups excluding carboxylic acids is 1. The Balaban J connectivity index is 1.69. The number of amides is 1. The fourth-order valence-electron chi connectivity index (χ4n) is 2.48. The summed E-state index contributed by atoms with van der Waals surface area (Å²) in [6.07, 6.45) is 0.813. The highest BCUT2D eigenvalue weighted by Crippen LogP contribution is 2.24. The molecule has 20 heavy (non-hydrogen) atoms. The largest absolute Gasteiger partial charge is 0.491 e. The van der Waals surface area contributed by atoms with Gasteiger partial charge in [-0.25, -0.2) is 0 Å². The first-order valence-electron chi connectivity index (χ1n) is 6.80. The number of carbonyl (C=O) groups is 1. The maximum atomic E-state index is 12.2.